The average Bonchev–Trinajstić information content (AvgIpc) is 2.61. The van der Waals surface area contributed by atoms with Crippen molar-refractivity contribution in [1.29, 1.82) is 0 Å². The molecular weight excluding hydrogens is 336 g/mol. The first-order valence-corrected chi connectivity index (χ1v) is 9.04. The Hall–Kier alpha value is -2.99. The van der Waals surface area contributed by atoms with Gasteiger partial charge >= 0.3 is 0 Å². The van der Waals surface area contributed by atoms with Crippen LogP contribution in [0.1, 0.15) is 11.1 Å². The molecule has 0 aliphatic heterocycles. The molecular formula is C21H26N6. The van der Waals surface area contributed by atoms with Gasteiger partial charge in [-0.25, -0.2) is 4.98 Å². The molecule has 0 atom stereocenters. The fourth-order valence-electron chi connectivity index (χ4n) is 2.82. The maximum absolute atomic E-state index is 4.63. The second-order valence-corrected chi connectivity index (χ2v) is 6.91. The van der Waals surface area contributed by atoms with Crippen molar-refractivity contribution in [2.24, 2.45) is 0 Å². The van der Waals surface area contributed by atoms with Gasteiger partial charge in [-0.3, -0.25) is 4.98 Å². The third kappa shape index (κ3) is 5.49. The van der Waals surface area contributed by atoms with Crippen molar-refractivity contribution in [3.05, 3.63) is 59.8 Å². The summed E-state index contributed by atoms with van der Waals surface area (Å²) in [6.07, 6.45) is 1.77. The van der Waals surface area contributed by atoms with Crippen LogP contribution in [0.5, 0.6) is 0 Å². The number of nitrogens with zero attached hydrogens (tertiary/aromatic N) is 4. The molecule has 0 radical (unpaired) electrons. The maximum atomic E-state index is 4.63. The molecule has 2 heterocycles. The highest BCUT2D eigenvalue weighted by Gasteiger charge is 2.08. The van der Waals surface area contributed by atoms with E-state index >= 15 is 0 Å². The van der Waals surface area contributed by atoms with E-state index in [2.05, 4.69) is 62.5 Å². The molecule has 0 aliphatic rings. The molecule has 2 N–H and O–H groups in total. The number of benzene rings is 1. The molecule has 0 saturated heterocycles. The highest BCUT2D eigenvalue weighted by atomic mass is 15.2. The first-order valence-electron chi connectivity index (χ1n) is 9.04. The van der Waals surface area contributed by atoms with Gasteiger partial charge in [0.25, 0.3) is 0 Å². The van der Waals surface area contributed by atoms with Crippen LogP contribution in [0.4, 0.5) is 17.5 Å². The number of likely N-dealkylation sites (N-methyl/N-ethyl adjacent to an activating group) is 1. The number of hydrogen-bond acceptors (Lipinski definition) is 6. The smallest absolute Gasteiger partial charge is 0.225 e. The summed E-state index contributed by atoms with van der Waals surface area (Å²) < 4.78 is 0. The van der Waals surface area contributed by atoms with Crippen molar-refractivity contribution in [3.63, 3.8) is 0 Å². The molecule has 0 fully saturated rings. The molecule has 3 rings (SSSR count). The molecule has 2 aromatic heterocycles. The van der Waals surface area contributed by atoms with Crippen LogP contribution in [0, 0.1) is 13.8 Å². The number of rotatable bonds is 7. The van der Waals surface area contributed by atoms with Crippen LogP contribution in [0.2, 0.25) is 0 Å². The summed E-state index contributed by atoms with van der Waals surface area (Å²) >= 11 is 0. The van der Waals surface area contributed by atoms with Crippen LogP contribution in [-0.4, -0.2) is 47.0 Å². The number of aromatic nitrogens is 3. The van der Waals surface area contributed by atoms with Crippen LogP contribution in [0.25, 0.3) is 11.4 Å². The van der Waals surface area contributed by atoms with E-state index in [1.807, 2.05) is 38.4 Å². The fraction of sp³-hybridized carbons (Fsp3) is 0.286. The molecule has 0 unspecified atom stereocenters. The minimum atomic E-state index is 0.590. The van der Waals surface area contributed by atoms with Gasteiger partial charge in [0.05, 0.1) is 11.4 Å². The predicted octanol–water partition coefficient (Wildman–Crippen LogP) is 3.87. The Morgan fingerprint density at radius 2 is 1.70 bits per heavy atom. The number of hydrogen-bond donors (Lipinski definition) is 2. The zero-order valence-corrected chi connectivity index (χ0v) is 16.3. The van der Waals surface area contributed by atoms with Gasteiger partial charge in [-0.1, -0.05) is 12.1 Å². The van der Waals surface area contributed by atoms with Gasteiger partial charge in [0, 0.05) is 31.0 Å². The summed E-state index contributed by atoms with van der Waals surface area (Å²) in [5.74, 6) is 1.33. The minimum Gasteiger partial charge on any atom is -0.353 e. The number of pyridine rings is 1. The lowest BCUT2D eigenvalue weighted by molar-refractivity contribution is 0.425. The zero-order chi connectivity index (χ0) is 19.2. The van der Waals surface area contributed by atoms with Crippen molar-refractivity contribution in [3.8, 4) is 11.4 Å². The summed E-state index contributed by atoms with van der Waals surface area (Å²) in [4.78, 5) is 15.8. The molecule has 6 nitrogen and oxygen atoms in total. The van der Waals surface area contributed by atoms with Crippen molar-refractivity contribution in [1.82, 2.24) is 19.9 Å². The Balaban J connectivity index is 1.91. The van der Waals surface area contributed by atoms with Gasteiger partial charge in [-0.05, 0) is 63.3 Å². The Bertz CT molecular complexity index is 872. The molecule has 0 bridgehead atoms. The summed E-state index contributed by atoms with van der Waals surface area (Å²) in [6.45, 7) is 5.84. The Labute approximate surface area is 160 Å². The fourth-order valence-corrected chi connectivity index (χ4v) is 2.82. The Morgan fingerprint density at radius 1 is 0.926 bits per heavy atom. The van der Waals surface area contributed by atoms with E-state index in [0.29, 0.717) is 5.95 Å². The summed E-state index contributed by atoms with van der Waals surface area (Å²) in [7, 11) is 4.08. The van der Waals surface area contributed by atoms with E-state index in [-0.39, 0.29) is 0 Å². The van der Waals surface area contributed by atoms with Gasteiger partial charge in [0.15, 0.2) is 0 Å². The molecule has 0 amide bonds. The highest BCUT2D eigenvalue weighted by molar-refractivity contribution is 5.65. The lowest BCUT2D eigenvalue weighted by Gasteiger charge is -2.13. The van der Waals surface area contributed by atoms with Gasteiger partial charge in [-0.15, -0.1) is 0 Å². The van der Waals surface area contributed by atoms with E-state index in [1.54, 1.807) is 6.20 Å². The van der Waals surface area contributed by atoms with Crippen LogP contribution in [0.15, 0.2) is 48.7 Å². The standard InChI is InChI=1S/C21H26N6/c1-15-11-16(2)13-17(12-15)24-20-14-19(18-7-5-6-8-22-18)25-21(26-20)23-9-10-27(3)4/h5-8,11-14H,9-10H2,1-4H3,(H2,23,24,25,26). The van der Waals surface area contributed by atoms with Crippen molar-refractivity contribution < 1.29 is 0 Å². The van der Waals surface area contributed by atoms with Gasteiger partial charge in [0.2, 0.25) is 5.95 Å². The molecule has 0 saturated carbocycles. The number of nitrogens with one attached hydrogen (secondary N) is 2. The zero-order valence-electron chi connectivity index (χ0n) is 16.3. The second-order valence-electron chi connectivity index (χ2n) is 6.91. The van der Waals surface area contributed by atoms with Crippen molar-refractivity contribution >= 4 is 17.5 Å². The molecule has 6 heteroatoms. The largest absolute Gasteiger partial charge is 0.353 e. The van der Waals surface area contributed by atoms with Crippen LogP contribution < -0.4 is 10.6 Å². The second kappa shape index (κ2) is 8.60. The lowest BCUT2D eigenvalue weighted by atomic mass is 10.1. The SMILES string of the molecule is Cc1cc(C)cc(Nc2cc(-c3ccccn3)nc(NCCN(C)C)n2)c1. The molecule has 0 spiro atoms. The summed E-state index contributed by atoms with van der Waals surface area (Å²) in [6, 6.07) is 14.1. The molecule has 1 aromatic carbocycles. The van der Waals surface area contributed by atoms with E-state index in [0.717, 1.165) is 36.0 Å². The molecule has 140 valence electrons. The van der Waals surface area contributed by atoms with Crippen LogP contribution in [0.3, 0.4) is 0 Å². The monoisotopic (exact) mass is 362 g/mol. The third-order valence-electron chi connectivity index (χ3n) is 3.99. The van der Waals surface area contributed by atoms with Crippen molar-refractivity contribution in [2.45, 2.75) is 13.8 Å². The third-order valence-corrected chi connectivity index (χ3v) is 3.99. The highest BCUT2D eigenvalue weighted by Crippen LogP contribution is 2.23. The first kappa shape index (κ1) is 18.8. The van der Waals surface area contributed by atoms with Crippen molar-refractivity contribution in [2.75, 3.05) is 37.8 Å². The Morgan fingerprint density at radius 3 is 2.37 bits per heavy atom. The molecule has 27 heavy (non-hydrogen) atoms. The summed E-state index contributed by atoms with van der Waals surface area (Å²) in [5.41, 5.74) is 5.03. The number of aryl methyl sites for hydroxylation is 2. The molecule has 0 aliphatic carbocycles. The summed E-state index contributed by atoms with van der Waals surface area (Å²) in [5, 5.41) is 6.71. The average molecular weight is 362 g/mol. The van der Waals surface area contributed by atoms with Gasteiger partial charge < -0.3 is 15.5 Å². The van der Waals surface area contributed by atoms with Gasteiger partial charge in [-0.2, -0.15) is 4.98 Å². The van der Waals surface area contributed by atoms with E-state index in [1.165, 1.54) is 11.1 Å². The Kier molecular flexibility index (Phi) is 5.98. The predicted molar refractivity (Wildman–Crippen MR) is 112 cm³/mol. The van der Waals surface area contributed by atoms with E-state index in [4.69, 9.17) is 0 Å². The van der Waals surface area contributed by atoms with Crippen LogP contribution in [-0.2, 0) is 0 Å². The molecule has 3 aromatic rings. The topological polar surface area (TPSA) is 66.0 Å². The quantitative estimate of drug-likeness (QED) is 0.665. The van der Waals surface area contributed by atoms with Crippen LogP contribution >= 0.6 is 0 Å². The van der Waals surface area contributed by atoms with E-state index < -0.39 is 0 Å². The minimum absolute atomic E-state index is 0.590. The normalized spacial score (nSPS) is 10.9. The first-order chi connectivity index (χ1) is 13.0. The van der Waals surface area contributed by atoms with E-state index in [9.17, 15) is 0 Å². The van der Waals surface area contributed by atoms with Gasteiger partial charge in [0.1, 0.15) is 5.82 Å². The maximum Gasteiger partial charge on any atom is 0.225 e. The number of anilines is 3. The lowest BCUT2D eigenvalue weighted by Crippen LogP contribution is -2.21.